The van der Waals surface area contributed by atoms with Crippen LogP contribution < -0.4 is 5.73 Å². The van der Waals surface area contributed by atoms with Crippen LogP contribution in [0.15, 0.2) is 29.2 Å². The fourth-order valence-corrected chi connectivity index (χ4v) is 4.35. The van der Waals surface area contributed by atoms with E-state index in [0.717, 1.165) is 19.3 Å². The number of hydrogen-bond acceptors (Lipinski definition) is 3. The van der Waals surface area contributed by atoms with Gasteiger partial charge in [0.25, 0.3) is 0 Å². The van der Waals surface area contributed by atoms with Gasteiger partial charge in [0.2, 0.25) is 10.0 Å². The Morgan fingerprint density at radius 1 is 1.33 bits per heavy atom. The summed E-state index contributed by atoms with van der Waals surface area (Å²) in [4.78, 5) is 0.396. The summed E-state index contributed by atoms with van der Waals surface area (Å²) in [5.41, 5.74) is 6.88. The monoisotopic (exact) mass is 310 g/mol. The van der Waals surface area contributed by atoms with Crippen LogP contribution in [0.1, 0.15) is 44.6 Å². The van der Waals surface area contributed by atoms with E-state index in [2.05, 4.69) is 13.8 Å². The van der Waals surface area contributed by atoms with Crippen LogP contribution in [0, 0.1) is 5.92 Å². The Balaban J connectivity index is 2.19. The summed E-state index contributed by atoms with van der Waals surface area (Å²) in [6.07, 6.45) is 2.97. The van der Waals surface area contributed by atoms with Gasteiger partial charge in [-0.25, -0.2) is 8.42 Å². The Bertz CT molecular complexity index is 554. The standard InChI is InChI=1S/C16H26N2O2S/c1-3-13(2)15-6-8-16(9-7-15)21(19,20)18-10-4-5-14(11-17)12-18/h6-9,13-14H,3-5,10-12,17H2,1-2H3. The first-order chi connectivity index (χ1) is 9.98. The lowest BCUT2D eigenvalue weighted by molar-refractivity contribution is 0.271. The topological polar surface area (TPSA) is 63.4 Å². The van der Waals surface area contributed by atoms with Crippen LogP contribution in [0.25, 0.3) is 0 Å². The summed E-state index contributed by atoms with van der Waals surface area (Å²) >= 11 is 0. The van der Waals surface area contributed by atoms with Gasteiger partial charge in [0.15, 0.2) is 0 Å². The zero-order valence-corrected chi connectivity index (χ0v) is 13.8. The van der Waals surface area contributed by atoms with E-state index < -0.39 is 10.0 Å². The fourth-order valence-electron chi connectivity index (χ4n) is 2.79. The maximum absolute atomic E-state index is 12.7. The molecule has 2 N–H and O–H groups in total. The van der Waals surface area contributed by atoms with Gasteiger partial charge in [-0.1, -0.05) is 26.0 Å². The zero-order valence-electron chi connectivity index (χ0n) is 13.0. The number of hydrogen-bond donors (Lipinski definition) is 1. The van der Waals surface area contributed by atoms with Crippen molar-refractivity contribution in [1.29, 1.82) is 0 Å². The van der Waals surface area contributed by atoms with Crippen LogP contribution in [-0.4, -0.2) is 32.4 Å². The highest BCUT2D eigenvalue weighted by Crippen LogP contribution is 2.25. The predicted octanol–water partition coefficient (Wildman–Crippen LogP) is 2.56. The molecule has 2 atom stereocenters. The van der Waals surface area contributed by atoms with E-state index in [1.807, 2.05) is 12.1 Å². The van der Waals surface area contributed by atoms with Gasteiger partial charge in [-0.05, 0) is 55.3 Å². The molecule has 1 aromatic rings. The first kappa shape index (κ1) is 16.5. The second kappa shape index (κ2) is 6.90. The van der Waals surface area contributed by atoms with Gasteiger partial charge >= 0.3 is 0 Å². The van der Waals surface area contributed by atoms with Crippen LogP contribution in [0.3, 0.4) is 0 Å². The summed E-state index contributed by atoms with van der Waals surface area (Å²) in [6, 6.07) is 7.35. The Labute approximate surface area is 128 Å². The van der Waals surface area contributed by atoms with Crippen molar-refractivity contribution in [2.24, 2.45) is 11.7 Å². The van der Waals surface area contributed by atoms with E-state index in [1.54, 1.807) is 16.4 Å². The van der Waals surface area contributed by atoms with Crippen molar-refractivity contribution < 1.29 is 8.42 Å². The summed E-state index contributed by atoms with van der Waals surface area (Å²) in [5.74, 6) is 0.742. The molecule has 1 aromatic carbocycles. The molecule has 1 aliphatic heterocycles. The SMILES string of the molecule is CCC(C)c1ccc(S(=O)(=O)N2CCCC(CN)C2)cc1. The van der Waals surface area contributed by atoms with Crippen molar-refractivity contribution in [3.8, 4) is 0 Å². The largest absolute Gasteiger partial charge is 0.330 e. The molecule has 1 aliphatic rings. The molecule has 2 rings (SSSR count). The lowest BCUT2D eigenvalue weighted by Crippen LogP contribution is -2.41. The molecule has 0 spiro atoms. The maximum Gasteiger partial charge on any atom is 0.243 e. The number of nitrogens with two attached hydrogens (primary N) is 1. The van der Waals surface area contributed by atoms with Gasteiger partial charge in [-0.2, -0.15) is 4.31 Å². The third kappa shape index (κ3) is 3.65. The average Bonchev–Trinajstić information content (AvgIpc) is 2.54. The van der Waals surface area contributed by atoms with Crippen LogP contribution >= 0.6 is 0 Å². The van der Waals surface area contributed by atoms with Gasteiger partial charge in [0.1, 0.15) is 0 Å². The second-order valence-corrected chi connectivity index (χ2v) is 7.92. The number of benzene rings is 1. The number of nitrogens with zero attached hydrogens (tertiary/aromatic N) is 1. The summed E-state index contributed by atoms with van der Waals surface area (Å²) in [7, 11) is -3.38. The molecule has 0 aliphatic carbocycles. The number of sulfonamides is 1. The van der Waals surface area contributed by atoms with Crippen molar-refractivity contribution in [1.82, 2.24) is 4.31 Å². The highest BCUT2D eigenvalue weighted by atomic mass is 32.2. The number of rotatable bonds is 5. The first-order valence-electron chi connectivity index (χ1n) is 7.79. The molecule has 0 saturated carbocycles. The molecule has 5 heteroatoms. The lowest BCUT2D eigenvalue weighted by atomic mass is 9.99. The Kier molecular flexibility index (Phi) is 5.41. The minimum atomic E-state index is -3.38. The van der Waals surface area contributed by atoms with E-state index in [0.29, 0.717) is 30.4 Å². The maximum atomic E-state index is 12.7. The molecule has 21 heavy (non-hydrogen) atoms. The molecule has 2 unspecified atom stereocenters. The van der Waals surface area contributed by atoms with E-state index in [9.17, 15) is 8.42 Å². The van der Waals surface area contributed by atoms with E-state index >= 15 is 0 Å². The second-order valence-electron chi connectivity index (χ2n) is 5.99. The van der Waals surface area contributed by atoms with Gasteiger partial charge in [0, 0.05) is 13.1 Å². The fraction of sp³-hybridized carbons (Fsp3) is 0.625. The van der Waals surface area contributed by atoms with Crippen LogP contribution in [-0.2, 0) is 10.0 Å². The molecule has 1 fully saturated rings. The van der Waals surface area contributed by atoms with Gasteiger partial charge in [-0.15, -0.1) is 0 Å². The first-order valence-corrected chi connectivity index (χ1v) is 9.23. The number of piperidine rings is 1. The normalized spacial score (nSPS) is 22.1. The molecular weight excluding hydrogens is 284 g/mol. The predicted molar refractivity (Wildman–Crippen MR) is 85.7 cm³/mol. The lowest BCUT2D eigenvalue weighted by Gasteiger charge is -2.31. The van der Waals surface area contributed by atoms with E-state index in [-0.39, 0.29) is 5.92 Å². The van der Waals surface area contributed by atoms with E-state index in [4.69, 9.17) is 5.73 Å². The summed E-state index contributed by atoms with van der Waals surface area (Å²) < 4.78 is 27.0. The van der Waals surface area contributed by atoms with Crippen molar-refractivity contribution in [3.63, 3.8) is 0 Å². The van der Waals surface area contributed by atoms with E-state index in [1.165, 1.54) is 5.56 Å². The molecule has 4 nitrogen and oxygen atoms in total. The highest BCUT2D eigenvalue weighted by Gasteiger charge is 2.29. The quantitative estimate of drug-likeness (QED) is 0.909. The molecular formula is C16H26N2O2S. The van der Waals surface area contributed by atoms with Crippen LogP contribution in [0.4, 0.5) is 0 Å². The zero-order chi connectivity index (χ0) is 15.5. The minimum absolute atomic E-state index is 0.285. The Morgan fingerprint density at radius 3 is 2.57 bits per heavy atom. The third-order valence-electron chi connectivity index (χ3n) is 4.51. The molecule has 0 amide bonds. The third-order valence-corrected chi connectivity index (χ3v) is 6.39. The van der Waals surface area contributed by atoms with Gasteiger partial charge in [-0.3, -0.25) is 0 Å². The summed E-state index contributed by atoms with van der Waals surface area (Å²) in [6.45, 7) is 5.99. The Morgan fingerprint density at radius 2 is 2.00 bits per heavy atom. The molecule has 0 bridgehead atoms. The van der Waals surface area contributed by atoms with Crippen LogP contribution in [0.5, 0.6) is 0 Å². The van der Waals surface area contributed by atoms with Crippen molar-refractivity contribution in [2.45, 2.75) is 43.9 Å². The van der Waals surface area contributed by atoms with Crippen LogP contribution in [0.2, 0.25) is 0 Å². The smallest absolute Gasteiger partial charge is 0.243 e. The average molecular weight is 310 g/mol. The Hall–Kier alpha value is -0.910. The van der Waals surface area contributed by atoms with Crippen molar-refractivity contribution in [3.05, 3.63) is 29.8 Å². The molecule has 0 aromatic heterocycles. The van der Waals surface area contributed by atoms with Crippen molar-refractivity contribution >= 4 is 10.0 Å². The highest BCUT2D eigenvalue weighted by molar-refractivity contribution is 7.89. The van der Waals surface area contributed by atoms with Gasteiger partial charge < -0.3 is 5.73 Å². The molecule has 0 radical (unpaired) electrons. The molecule has 1 heterocycles. The van der Waals surface area contributed by atoms with Crippen molar-refractivity contribution in [2.75, 3.05) is 19.6 Å². The van der Waals surface area contributed by atoms with Gasteiger partial charge in [0.05, 0.1) is 4.90 Å². The molecule has 118 valence electrons. The summed E-state index contributed by atoms with van der Waals surface area (Å²) in [5, 5.41) is 0. The molecule has 1 saturated heterocycles. The minimum Gasteiger partial charge on any atom is -0.330 e.